The number of anilines is 1. The minimum Gasteiger partial charge on any atom is -0.494 e. The van der Waals surface area contributed by atoms with Gasteiger partial charge in [0.15, 0.2) is 17.5 Å². The van der Waals surface area contributed by atoms with Gasteiger partial charge in [0.2, 0.25) is 5.91 Å². The second kappa shape index (κ2) is 8.73. The lowest BCUT2D eigenvalue weighted by molar-refractivity contribution is -0.120. The molecule has 1 aliphatic heterocycles. The second-order valence-electron chi connectivity index (χ2n) is 6.48. The molecule has 0 saturated carbocycles. The first-order valence-electron chi connectivity index (χ1n) is 9.16. The van der Waals surface area contributed by atoms with E-state index in [1.165, 1.54) is 13.2 Å². The molecule has 1 aromatic carbocycles. The average molecular weight is 388 g/mol. The Bertz CT molecular complexity index is 866. The summed E-state index contributed by atoms with van der Waals surface area (Å²) in [6.07, 6.45) is 3.51. The van der Waals surface area contributed by atoms with Crippen molar-refractivity contribution in [3.05, 3.63) is 42.0 Å². The number of benzene rings is 1. The standard InChI is InChI=1S/C19H25FN6O2/c1-4-21-19(22-10-14-5-6-17(28-3)16(20)9-14)25-7-8-26(18(27)13-25)15-11-23-24(2)12-15/h5-6,9,11-12H,4,7-8,10,13H2,1-3H3,(H,21,22). The summed E-state index contributed by atoms with van der Waals surface area (Å²) in [5.41, 5.74) is 1.52. The predicted molar refractivity (Wildman–Crippen MR) is 105 cm³/mol. The van der Waals surface area contributed by atoms with E-state index in [1.54, 1.807) is 27.9 Å². The summed E-state index contributed by atoms with van der Waals surface area (Å²) in [6, 6.07) is 4.78. The maximum atomic E-state index is 13.9. The van der Waals surface area contributed by atoms with Gasteiger partial charge in [0.05, 0.1) is 25.5 Å². The minimum atomic E-state index is -0.416. The third-order valence-electron chi connectivity index (χ3n) is 4.49. The Morgan fingerprint density at radius 3 is 2.82 bits per heavy atom. The van der Waals surface area contributed by atoms with E-state index < -0.39 is 5.82 Å². The van der Waals surface area contributed by atoms with Gasteiger partial charge in [0, 0.05) is 32.9 Å². The molecule has 0 radical (unpaired) electrons. The SMILES string of the molecule is CCNC(=NCc1ccc(OC)c(F)c1)N1CCN(c2cnn(C)c2)C(=O)C1. The van der Waals surface area contributed by atoms with Crippen molar-refractivity contribution in [1.82, 2.24) is 20.0 Å². The van der Waals surface area contributed by atoms with E-state index >= 15 is 0 Å². The number of piperazine rings is 1. The Morgan fingerprint density at radius 2 is 2.21 bits per heavy atom. The zero-order chi connectivity index (χ0) is 20.1. The normalized spacial score (nSPS) is 15.1. The number of ether oxygens (including phenoxy) is 1. The third kappa shape index (κ3) is 4.41. The Hall–Kier alpha value is -3.10. The average Bonchev–Trinajstić information content (AvgIpc) is 3.11. The number of guanidine groups is 1. The van der Waals surface area contributed by atoms with Crippen LogP contribution >= 0.6 is 0 Å². The fourth-order valence-electron chi connectivity index (χ4n) is 3.07. The van der Waals surface area contributed by atoms with Crippen LogP contribution in [-0.2, 0) is 18.4 Å². The number of nitrogens with zero attached hydrogens (tertiary/aromatic N) is 5. The van der Waals surface area contributed by atoms with E-state index in [1.807, 2.05) is 25.1 Å². The van der Waals surface area contributed by atoms with Crippen molar-refractivity contribution in [1.29, 1.82) is 0 Å². The van der Waals surface area contributed by atoms with E-state index in [-0.39, 0.29) is 18.2 Å². The summed E-state index contributed by atoms with van der Waals surface area (Å²) >= 11 is 0. The van der Waals surface area contributed by atoms with Crippen LogP contribution in [0.2, 0.25) is 0 Å². The third-order valence-corrected chi connectivity index (χ3v) is 4.49. The van der Waals surface area contributed by atoms with Gasteiger partial charge in [-0.2, -0.15) is 5.10 Å². The highest BCUT2D eigenvalue weighted by atomic mass is 19.1. The summed E-state index contributed by atoms with van der Waals surface area (Å²) < 4.78 is 20.5. The highest BCUT2D eigenvalue weighted by Gasteiger charge is 2.27. The molecule has 0 aliphatic carbocycles. The molecule has 1 aliphatic rings. The smallest absolute Gasteiger partial charge is 0.246 e. The summed E-state index contributed by atoms with van der Waals surface area (Å²) in [4.78, 5) is 20.8. The van der Waals surface area contributed by atoms with Crippen molar-refractivity contribution in [3.8, 4) is 5.75 Å². The number of hydrogen-bond donors (Lipinski definition) is 1. The molecule has 8 nitrogen and oxygen atoms in total. The lowest BCUT2D eigenvalue weighted by Crippen LogP contribution is -2.55. The fraction of sp³-hybridized carbons (Fsp3) is 0.421. The first kappa shape index (κ1) is 19.7. The number of nitrogens with one attached hydrogen (secondary N) is 1. The molecule has 1 amide bonds. The molecular weight excluding hydrogens is 363 g/mol. The van der Waals surface area contributed by atoms with Crippen molar-refractivity contribution in [2.24, 2.45) is 12.0 Å². The van der Waals surface area contributed by atoms with Gasteiger partial charge in [0.25, 0.3) is 0 Å². The number of amides is 1. The van der Waals surface area contributed by atoms with Gasteiger partial charge in [0.1, 0.15) is 6.54 Å². The van der Waals surface area contributed by atoms with Crippen molar-refractivity contribution in [2.45, 2.75) is 13.5 Å². The molecule has 1 saturated heterocycles. The lowest BCUT2D eigenvalue weighted by Gasteiger charge is -2.35. The van der Waals surface area contributed by atoms with Crippen molar-refractivity contribution < 1.29 is 13.9 Å². The molecule has 150 valence electrons. The van der Waals surface area contributed by atoms with E-state index in [0.29, 0.717) is 32.1 Å². The molecule has 9 heteroatoms. The molecule has 2 aromatic rings. The first-order chi connectivity index (χ1) is 13.5. The van der Waals surface area contributed by atoms with Crippen molar-refractivity contribution >= 4 is 17.6 Å². The van der Waals surface area contributed by atoms with Gasteiger partial charge < -0.3 is 19.9 Å². The number of aromatic nitrogens is 2. The highest BCUT2D eigenvalue weighted by molar-refractivity contribution is 5.98. The van der Waals surface area contributed by atoms with Crippen LogP contribution in [0, 0.1) is 5.82 Å². The lowest BCUT2D eigenvalue weighted by atomic mass is 10.2. The van der Waals surface area contributed by atoms with Crippen LogP contribution in [0.3, 0.4) is 0 Å². The Morgan fingerprint density at radius 1 is 1.39 bits per heavy atom. The molecule has 28 heavy (non-hydrogen) atoms. The molecule has 1 aromatic heterocycles. The monoisotopic (exact) mass is 388 g/mol. The maximum Gasteiger partial charge on any atom is 0.246 e. The van der Waals surface area contributed by atoms with Crippen LogP contribution in [-0.4, -0.2) is 59.8 Å². The van der Waals surface area contributed by atoms with Gasteiger partial charge >= 0.3 is 0 Å². The Balaban J connectivity index is 1.69. The molecular formula is C19H25FN6O2. The fourth-order valence-corrected chi connectivity index (χ4v) is 3.07. The van der Waals surface area contributed by atoms with E-state index in [9.17, 15) is 9.18 Å². The predicted octanol–water partition coefficient (Wildman–Crippen LogP) is 1.38. The van der Waals surface area contributed by atoms with Gasteiger partial charge in [-0.1, -0.05) is 6.07 Å². The quantitative estimate of drug-likeness (QED) is 0.619. The number of carbonyl (C=O) groups is 1. The van der Waals surface area contributed by atoms with Crippen molar-refractivity contribution in [2.75, 3.05) is 38.2 Å². The first-order valence-corrected chi connectivity index (χ1v) is 9.16. The van der Waals surface area contributed by atoms with Crippen LogP contribution in [0.1, 0.15) is 12.5 Å². The Labute approximate surface area is 163 Å². The molecule has 0 spiro atoms. The topological polar surface area (TPSA) is 75.0 Å². The van der Waals surface area contributed by atoms with Crippen molar-refractivity contribution in [3.63, 3.8) is 0 Å². The minimum absolute atomic E-state index is 0.0136. The van der Waals surface area contributed by atoms with Crippen LogP contribution in [0.4, 0.5) is 10.1 Å². The van der Waals surface area contributed by atoms with Gasteiger partial charge in [-0.25, -0.2) is 9.38 Å². The molecule has 0 bridgehead atoms. The van der Waals surface area contributed by atoms with Crippen LogP contribution in [0.5, 0.6) is 5.75 Å². The molecule has 0 unspecified atom stereocenters. The number of methoxy groups -OCH3 is 1. The van der Waals surface area contributed by atoms with E-state index in [0.717, 1.165) is 11.3 Å². The second-order valence-corrected chi connectivity index (χ2v) is 6.48. The van der Waals surface area contributed by atoms with Crippen LogP contribution < -0.4 is 15.0 Å². The van der Waals surface area contributed by atoms with Gasteiger partial charge in [-0.3, -0.25) is 9.48 Å². The number of aliphatic imine (C=N–C) groups is 1. The van der Waals surface area contributed by atoms with Gasteiger partial charge in [-0.15, -0.1) is 0 Å². The molecule has 1 N–H and O–H groups in total. The molecule has 3 rings (SSSR count). The van der Waals surface area contributed by atoms with Crippen LogP contribution in [0.15, 0.2) is 35.6 Å². The van der Waals surface area contributed by atoms with E-state index in [4.69, 9.17) is 4.74 Å². The summed E-state index contributed by atoms with van der Waals surface area (Å²) in [5, 5.41) is 7.34. The van der Waals surface area contributed by atoms with E-state index in [2.05, 4.69) is 15.4 Å². The number of carbonyl (C=O) groups excluding carboxylic acids is 1. The largest absolute Gasteiger partial charge is 0.494 e. The zero-order valence-corrected chi connectivity index (χ0v) is 16.4. The molecule has 2 heterocycles. The molecule has 0 atom stereocenters. The number of aryl methyl sites for hydroxylation is 1. The van der Waals surface area contributed by atoms with Gasteiger partial charge in [-0.05, 0) is 24.6 Å². The zero-order valence-electron chi connectivity index (χ0n) is 16.4. The Kier molecular flexibility index (Phi) is 6.13. The number of rotatable bonds is 5. The maximum absolute atomic E-state index is 13.9. The number of halogens is 1. The number of hydrogen-bond acceptors (Lipinski definition) is 4. The summed E-state index contributed by atoms with van der Waals surface area (Å²) in [6.45, 7) is 4.36. The summed E-state index contributed by atoms with van der Waals surface area (Å²) in [5.74, 6) is 0.412. The molecule has 1 fully saturated rings. The highest BCUT2D eigenvalue weighted by Crippen LogP contribution is 2.19. The summed E-state index contributed by atoms with van der Waals surface area (Å²) in [7, 11) is 3.25. The van der Waals surface area contributed by atoms with Crippen LogP contribution in [0.25, 0.3) is 0 Å².